The van der Waals surface area contributed by atoms with Crippen molar-refractivity contribution in [2.45, 2.75) is 104 Å². The summed E-state index contributed by atoms with van der Waals surface area (Å²) >= 11 is 0. The zero-order valence-corrected chi connectivity index (χ0v) is 23.3. The van der Waals surface area contributed by atoms with E-state index in [4.69, 9.17) is 9.84 Å². The molecule has 4 aliphatic rings. The molecule has 37 heavy (non-hydrogen) atoms. The molecular weight excluding hydrogens is 464 g/mol. The fourth-order valence-corrected chi connectivity index (χ4v) is 8.09. The Morgan fingerprint density at radius 3 is 2.54 bits per heavy atom. The molecular formula is C32H48O5. The van der Waals surface area contributed by atoms with Crippen LogP contribution in [0.5, 0.6) is 0 Å². The van der Waals surface area contributed by atoms with Crippen molar-refractivity contribution in [3.8, 4) is 0 Å². The van der Waals surface area contributed by atoms with Gasteiger partial charge in [-0.15, -0.1) is 0 Å². The molecule has 3 saturated carbocycles. The summed E-state index contributed by atoms with van der Waals surface area (Å²) in [5.74, 6) is 1.06. The highest BCUT2D eigenvalue weighted by molar-refractivity contribution is 5.91. The largest absolute Gasteiger partial charge is 0.458 e. The van der Waals surface area contributed by atoms with Crippen LogP contribution < -0.4 is 0 Å². The Balaban J connectivity index is 1.47. The molecule has 5 nitrogen and oxygen atoms in total. The van der Waals surface area contributed by atoms with Crippen molar-refractivity contribution < 1.29 is 24.9 Å². The van der Waals surface area contributed by atoms with Crippen LogP contribution in [0.4, 0.5) is 0 Å². The molecule has 4 rings (SSSR count). The average Bonchev–Trinajstić information content (AvgIpc) is 3.30. The monoisotopic (exact) mass is 512 g/mol. The van der Waals surface area contributed by atoms with Crippen molar-refractivity contribution in [1.82, 2.24) is 0 Å². The number of cyclic esters (lactones) is 1. The van der Waals surface area contributed by atoms with Gasteiger partial charge in [0.15, 0.2) is 0 Å². The van der Waals surface area contributed by atoms with Crippen molar-refractivity contribution in [1.29, 1.82) is 0 Å². The summed E-state index contributed by atoms with van der Waals surface area (Å²) in [5, 5.41) is 30.6. The van der Waals surface area contributed by atoms with Gasteiger partial charge < -0.3 is 20.1 Å². The third-order valence-corrected chi connectivity index (χ3v) is 10.7. The van der Waals surface area contributed by atoms with Crippen LogP contribution in [0.15, 0.2) is 47.6 Å². The average molecular weight is 513 g/mol. The molecule has 0 radical (unpaired) electrons. The number of fused-ring (bicyclic) bond motifs is 1. The summed E-state index contributed by atoms with van der Waals surface area (Å²) in [6.45, 7) is 17.2. The van der Waals surface area contributed by atoms with Gasteiger partial charge in [-0.1, -0.05) is 58.6 Å². The Morgan fingerprint density at radius 2 is 1.89 bits per heavy atom. The third kappa shape index (κ3) is 5.16. The summed E-state index contributed by atoms with van der Waals surface area (Å²) in [7, 11) is 0. The van der Waals surface area contributed by atoms with Gasteiger partial charge in [0.25, 0.3) is 0 Å². The van der Waals surface area contributed by atoms with Crippen LogP contribution in [-0.4, -0.2) is 46.2 Å². The standard InChI is InChI=1S/C32H48O5/c1-19(17-28-31(4,5)21(3)30(36)37-28)25-13-14-26-22(9-7-15-32(25,26)6)11-12-23-18-27(34)24(10-8-16-33)29(35)20(23)2/h11-12,19,24-29,33-35H,2-3,7-10,13-18H2,1,4-6H3/b22-11+,23-12-/t19-,24+,25-,26+,27-,28+,29-,32-/m1/s1. The lowest BCUT2D eigenvalue weighted by molar-refractivity contribution is -0.140. The molecule has 3 aliphatic carbocycles. The van der Waals surface area contributed by atoms with E-state index in [1.807, 2.05) is 0 Å². The lowest BCUT2D eigenvalue weighted by Gasteiger charge is -2.45. The molecule has 0 amide bonds. The summed E-state index contributed by atoms with van der Waals surface area (Å²) in [6.07, 6.45) is 11.3. The zero-order valence-electron chi connectivity index (χ0n) is 23.3. The molecule has 0 unspecified atom stereocenters. The second-order valence-electron chi connectivity index (χ2n) is 13.1. The Kier molecular flexibility index (Phi) is 8.28. The molecule has 8 atom stereocenters. The first-order chi connectivity index (χ1) is 17.4. The number of rotatable bonds is 7. The van der Waals surface area contributed by atoms with Crippen LogP contribution >= 0.6 is 0 Å². The van der Waals surface area contributed by atoms with Gasteiger partial charge in [-0.25, -0.2) is 4.79 Å². The van der Waals surface area contributed by atoms with Gasteiger partial charge >= 0.3 is 5.97 Å². The summed E-state index contributed by atoms with van der Waals surface area (Å²) in [4.78, 5) is 12.2. The maximum atomic E-state index is 12.2. The van der Waals surface area contributed by atoms with Crippen molar-refractivity contribution in [3.63, 3.8) is 0 Å². The van der Waals surface area contributed by atoms with Gasteiger partial charge in [-0.3, -0.25) is 0 Å². The van der Waals surface area contributed by atoms with E-state index >= 15 is 0 Å². The Bertz CT molecular complexity index is 974. The van der Waals surface area contributed by atoms with E-state index in [-0.39, 0.29) is 35.4 Å². The van der Waals surface area contributed by atoms with Gasteiger partial charge in [0.2, 0.25) is 0 Å². The Morgan fingerprint density at radius 1 is 1.16 bits per heavy atom. The number of aliphatic hydroxyl groups excluding tert-OH is 3. The Hall–Kier alpha value is -1.69. The molecule has 1 heterocycles. The minimum absolute atomic E-state index is 0.0653. The molecule has 0 aromatic rings. The smallest absolute Gasteiger partial charge is 0.334 e. The topological polar surface area (TPSA) is 87.0 Å². The quantitative estimate of drug-likeness (QED) is 0.303. The van der Waals surface area contributed by atoms with Crippen LogP contribution in [0, 0.1) is 34.5 Å². The minimum atomic E-state index is -0.765. The second-order valence-corrected chi connectivity index (χ2v) is 13.1. The molecule has 0 spiro atoms. The SMILES string of the molecule is C=C1/C(=C\C=C2/CCC[C@]3(C)[C@@H]([C@H](C)C[C@@H]4OC(=O)C(=C)C4(C)C)CC[C@@H]23)C[C@@H](O)[C@H](CCCO)[C@@H]1O. The van der Waals surface area contributed by atoms with Crippen LogP contribution in [-0.2, 0) is 9.53 Å². The van der Waals surface area contributed by atoms with E-state index in [0.717, 1.165) is 18.4 Å². The van der Waals surface area contributed by atoms with Gasteiger partial charge in [0.05, 0.1) is 12.2 Å². The van der Waals surface area contributed by atoms with Crippen molar-refractivity contribution in [3.05, 3.63) is 47.6 Å². The molecule has 4 fully saturated rings. The van der Waals surface area contributed by atoms with Crippen LogP contribution in [0.25, 0.3) is 0 Å². The number of carbonyl (C=O) groups is 1. The number of esters is 1. The first-order valence-electron chi connectivity index (χ1n) is 14.4. The molecule has 3 N–H and O–H groups in total. The molecule has 0 aromatic carbocycles. The predicted octanol–water partition coefficient (Wildman–Crippen LogP) is 5.66. The van der Waals surface area contributed by atoms with Gasteiger partial charge in [0, 0.05) is 23.5 Å². The predicted molar refractivity (Wildman–Crippen MR) is 147 cm³/mol. The second kappa shape index (κ2) is 10.8. The lowest BCUT2D eigenvalue weighted by atomic mass is 9.60. The van der Waals surface area contributed by atoms with Crippen LogP contribution in [0.2, 0.25) is 0 Å². The number of aliphatic hydroxyl groups is 3. The fourth-order valence-electron chi connectivity index (χ4n) is 8.09. The van der Waals surface area contributed by atoms with Crippen LogP contribution in [0.3, 0.4) is 0 Å². The molecule has 0 bridgehead atoms. The number of hydrogen-bond acceptors (Lipinski definition) is 5. The summed E-state index contributed by atoms with van der Waals surface area (Å²) < 4.78 is 5.75. The van der Waals surface area contributed by atoms with Gasteiger partial charge in [-0.2, -0.15) is 0 Å². The molecule has 5 heteroatoms. The van der Waals surface area contributed by atoms with E-state index in [1.54, 1.807) is 0 Å². The molecule has 206 valence electrons. The van der Waals surface area contributed by atoms with E-state index in [0.29, 0.717) is 48.2 Å². The van der Waals surface area contributed by atoms with E-state index in [9.17, 15) is 15.0 Å². The van der Waals surface area contributed by atoms with Crippen LogP contribution in [0.1, 0.15) is 85.5 Å². The molecule has 1 saturated heterocycles. The fraction of sp³-hybridized carbons (Fsp3) is 0.719. The van der Waals surface area contributed by atoms with Gasteiger partial charge in [0.1, 0.15) is 6.10 Å². The first kappa shape index (κ1) is 28.3. The maximum absolute atomic E-state index is 12.2. The third-order valence-electron chi connectivity index (χ3n) is 10.7. The highest BCUT2D eigenvalue weighted by Gasteiger charge is 2.53. The Labute approximate surface area is 223 Å². The van der Waals surface area contributed by atoms with Crippen molar-refractivity contribution in [2.24, 2.45) is 34.5 Å². The number of hydrogen-bond donors (Lipinski definition) is 3. The van der Waals surface area contributed by atoms with E-state index in [2.05, 4.69) is 53.0 Å². The van der Waals surface area contributed by atoms with Crippen molar-refractivity contribution in [2.75, 3.05) is 6.61 Å². The maximum Gasteiger partial charge on any atom is 0.334 e. The zero-order chi connectivity index (χ0) is 27.1. The highest BCUT2D eigenvalue weighted by Crippen LogP contribution is 2.60. The van der Waals surface area contributed by atoms with Gasteiger partial charge in [-0.05, 0) is 92.1 Å². The van der Waals surface area contributed by atoms with E-state index < -0.39 is 12.2 Å². The summed E-state index contributed by atoms with van der Waals surface area (Å²) in [5.41, 5.74) is 3.63. The van der Waals surface area contributed by atoms with Crippen molar-refractivity contribution >= 4 is 5.97 Å². The van der Waals surface area contributed by atoms with E-state index in [1.165, 1.54) is 31.3 Å². The normalized spacial score (nSPS) is 40.8. The number of ether oxygens (including phenoxy) is 1. The molecule has 1 aliphatic heterocycles. The first-order valence-corrected chi connectivity index (χ1v) is 14.4. The number of allylic oxidation sites excluding steroid dienone is 3. The molecule has 0 aromatic heterocycles. The summed E-state index contributed by atoms with van der Waals surface area (Å²) in [6, 6.07) is 0. The minimum Gasteiger partial charge on any atom is -0.458 e. The number of carbonyl (C=O) groups excluding carboxylic acids is 1. The highest BCUT2D eigenvalue weighted by atomic mass is 16.6. The lowest BCUT2D eigenvalue weighted by Crippen LogP contribution is -2.38.